The van der Waals surface area contributed by atoms with Gasteiger partial charge in [0.15, 0.2) is 0 Å². The molecule has 1 amide bonds. The minimum Gasteiger partial charge on any atom is -0.492 e. The Balaban J connectivity index is 1.74. The van der Waals surface area contributed by atoms with E-state index in [9.17, 15) is 4.79 Å². The quantitative estimate of drug-likeness (QED) is 0.745. The van der Waals surface area contributed by atoms with E-state index < -0.39 is 5.60 Å². The van der Waals surface area contributed by atoms with Crippen LogP contribution in [0, 0.1) is 0 Å². The van der Waals surface area contributed by atoms with Gasteiger partial charge in [0, 0.05) is 33.2 Å². The molecule has 6 nitrogen and oxygen atoms in total. The second kappa shape index (κ2) is 9.78. The fourth-order valence-electron chi connectivity index (χ4n) is 2.64. The SMILES string of the molecule is CN(CCc1cccc(OCCN2CCOCC2)c1)C(=O)OC(C)(C)C. The minimum absolute atomic E-state index is 0.296. The lowest BCUT2D eigenvalue weighted by molar-refractivity contribution is 0.0300. The predicted octanol–water partition coefficient (Wildman–Crippen LogP) is 2.81. The fourth-order valence-corrected chi connectivity index (χ4v) is 2.64. The zero-order valence-electron chi connectivity index (χ0n) is 16.5. The molecule has 26 heavy (non-hydrogen) atoms. The lowest BCUT2D eigenvalue weighted by Crippen LogP contribution is -2.38. The molecule has 1 aliphatic heterocycles. The summed E-state index contributed by atoms with van der Waals surface area (Å²) in [4.78, 5) is 16.0. The van der Waals surface area contributed by atoms with Gasteiger partial charge in [-0.15, -0.1) is 0 Å². The van der Waals surface area contributed by atoms with Crippen molar-refractivity contribution < 1.29 is 19.0 Å². The topological polar surface area (TPSA) is 51.2 Å². The van der Waals surface area contributed by atoms with E-state index >= 15 is 0 Å². The van der Waals surface area contributed by atoms with Crippen LogP contribution in [0.4, 0.5) is 4.79 Å². The van der Waals surface area contributed by atoms with E-state index in [4.69, 9.17) is 14.2 Å². The van der Waals surface area contributed by atoms with Crippen LogP contribution >= 0.6 is 0 Å². The Kier molecular flexibility index (Phi) is 7.72. The Morgan fingerprint density at radius 3 is 2.69 bits per heavy atom. The minimum atomic E-state index is -0.473. The lowest BCUT2D eigenvalue weighted by atomic mass is 10.1. The molecule has 1 saturated heterocycles. The molecule has 0 N–H and O–H groups in total. The number of hydrogen-bond acceptors (Lipinski definition) is 5. The van der Waals surface area contributed by atoms with Gasteiger partial charge in [-0.05, 0) is 44.9 Å². The molecular formula is C20H32N2O4. The van der Waals surface area contributed by atoms with Crippen LogP contribution in [0.1, 0.15) is 26.3 Å². The molecule has 1 fully saturated rings. The predicted molar refractivity (Wildman–Crippen MR) is 102 cm³/mol. The van der Waals surface area contributed by atoms with E-state index in [0.717, 1.165) is 50.6 Å². The Hall–Kier alpha value is -1.79. The van der Waals surface area contributed by atoms with Gasteiger partial charge >= 0.3 is 6.09 Å². The summed E-state index contributed by atoms with van der Waals surface area (Å²) in [7, 11) is 1.76. The van der Waals surface area contributed by atoms with Crippen molar-refractivity contribution in [3.63, 3.8) is 0 Å². The third kappa shape index (κ3) is 7.62. The molecule has 1 aromatic carbocycles. The first-order valence-corrected chi connectivity index (χ1v) is 9.29. The maximum atomic E-state index is 12.0. The number of nitrogens with zero attached hydrogens (tertiary/aromatic N) is 2. The molecular weight excluding hydrogens is 332 g/mol. The van der Waals surface area contributed by atoms with Crippen molar-refractivity contribution in [3.8, 4) is 5.75 Å². The van der Waals surface area contributed by atoms with Crippen LogP contribution in [0.5, 0.6) is 5.75 Å². The van der Waals surface area contributed by atoms with Crippen LogP contribution in [-0.2, 0) is 15.9 Å². The number of carbonyl (C=O) groups is 1. The van der Waals surface area contributed by atoms with Crippen molar-refractivity contribution in [2.45, 2.75) is 32.8 Å². The van der Waals surface area contributed by atoms with Crippen LogP contribution in [0.2, 0.25) is 0 Å². The second-order valence-electron chi connectivity index (χ2n) is 7.60. The summed E-state index contributed by atoms with van der Waals surface area (Å²) >= 11 is 0. The molecule has 1 aromatic rings. The van der Waals surface area contributed by atoms with Gasteiger partial charge in [-0.3, -0.25) is 4.90 Å². The first-order valence-electron chi connectivity index (χ1n) is 9.29. The van der Waals surface area contributed by atoms with Crippen molar-refractivity contribution in [2.75, 3.05) is 53.0 Å². The number of rotatable bonds is 7. The monoisotopic (exact) mass is 364 g/mol. The number of ether oxygens (including phenoxy) is 3. The van der Waals surface area contributed by atoms with Gasteiger partial charge in [0.25, 0.3) is 0 Å². The average Bonchev–Trinajstić information content (AvgIpc) is 2.59. The van der Waals surface area contributed by atoms with Gasteiger partial charge in [-0.1, -0.05) is 12.1 Å². The number of carbonyl (C=O) groups excluding carboxylic acids is 1. The zero-order valence-corrected chi connectivity index (χ0v) is 16.5. The van der Waals surface area contributed by atoms with Gasteiger partial charge < -0.3 is 19.1 Å². The maximum absolute atomic E-state index is 12.0. The molecule has 0 spiro atoms. The van der Waals surface area contributed by atoms with Crippen molar-refractivity contribution in [1.29, 1.82) is 0 Å². The van der Waals surface area contributed by atoms with Crippen molar-refractivity contribution in [2.24, 2.45) is 0 Å². The van der Waals surface area contributed by atoms with Gasteiger partial charge in [0.2, 0.25) is 0 Å². The summed E-state index contributed by atoms with van der Waals surface area (Å²) in [5, 5.41) is 0. The number of likely N-dealkylation sites (N-methyl/N-ethyl adjacent to an activating group) is 1. The summed E-state index contributed by atoms with van der Waals surface area (Å²) in [5.41, 5.74) is 0.670. The summed E-state index contributed by atoms with van der Waals surface area (Å²) in [6.07, 6.45) is 0.464. The van der Waals surface area contributed by atoms with Crippen LogP contribution in [0.15, 0.2) is 24.3 Å². The van der Waals surface area contributed by atoms with Gasteiger partial charge in [-0.2, -0.15) is 0 Å². The highest BCUT2D eigenvalue weighted by molar-refractivity contribution is 5.67. The van der Waals surface area contributed by atoms with Crippen LogP contribution in [-0.4, -0.2) is 74.5 Å². The van der Waals surface area contributed by atoms with Crippen molar-refractivity contribution in [1.82, 2.24) is 9.80 Å². The van der Waals surface area contributed by atoms with Crippen LogP contribution < -0.4 is 4.74 Å². The molecule has 1 aliphatic rings. The fraction of sp³-hybridized carbons (Fsp3) is 0.650. The summed E-state index contributed by atoms with van der Waals surface area (Å²) in [6, 6.07) is 8.06. The average molecular weight is 364 g/mol. The van der Waals surface area contributed by atoms with Crippen LogP contribution in [0.3, 0.4) is 0 Å². The van der Waals surface area contributed by atoms with Gasteiger partial charge in [-0.25, -0.2) is 4.79 Å². The zero-order chi connectivity index (χ0) is 19.0. The van der Waals surface area contributed by atoms with E-state index in [2.05, 4.69) is 11.0 Å². The molecule has 0 atom stereocenters. The highest BCUT2D eigenvalue weighted by Crippen LogP contribution is 2.15. The van der Waals surface area contributed by atoms with E-state index in [1.165, 1.54) is 0 Å². The van der Waals surface area contributed by atoms with Crippen LogP contribution in [0.25, 0.3) is 0 Å². The standard InChI is InChI=1S/C20H32N2O4/c1-20(2,3)26-19(23)21(4)9-8-17-6-5-7-18(16-17)25-15-12-22-10-13-24-14-11-22/h5-7,16H,8-15H2,1-4H3. The first kappa shape index (κ1) is 20.5. The molecule has 0 radical (unpaired) electrons. The van der Waals surface area contributed by atoms with E-state index in [1.54, 1.807) is 11.9 Å². The Morgan fingerprint density at radius 2 is 2.00 bits per heavy atom. The molecule has 146 valence electrons. The number of benzene rings is 1. The number of amides is 1. The molecule has 2 rings (SSSR count). The summed E-state index contributed by atoms with van der Waals surface area (Å²) in [6.45, 7) is 11.4. The molecule has 1 heterocycles. The smallest absolute Gasteiger partial charge is 0.410 e. The largest absolute Gasteiger partial charge is 0.492 e. The molecule has 0 bridgehead atoms. The lowest BCUT2D eigenvalue weighted by Gasteiger charge is -2.26. The molecule has 6 heteroatoms. The van der Waals surface area contributed by atoms with Gasteiger partial charge in [0.05, 0.1) is 13.2 Å². The molecule has 0 aliphatic carbocycles. The Labute approximate surface area is 157 Å². The highest BCUT2D eigenvalue weighted by atomic mass is 16.6. The van der Waals surface area contributed by atoms with Crippen molar-refractivity contribution >= 4 is 6.09 Å². The number of hydrogen-bond donors (Lipinski definition) is 0. The van der Waals surface area contributed by atoms with Crippen molar-refractivity contribution in [3.05, 3.63) is 29.8 Å². The van der Waals surface area contributed by atoms with E-state index in [0.29, 0.717) is 13.2 Å². The Bertz CT molecular complexity index is 565. The van der Waals surface area contributed by atoms with Gasteiger partial charge in [0.1, 0.15) is 18.0 Å². The molecule has 0 aromatic heterocycles. The number of morpholine rings is 1. The molecule has 0 saturated carbocycles. The third-order valence-electron chi connectivity index (χ3n) is 4.12. The summed E-state index contributed by atoms with van der Waals surface area (Å²) in [5.74, 6) is 0.871. The Morgan fingerprint density at radius 1 is 1.27 bits per heavy atom. The molecule has 0 unspecified atom stereocenters. The normalized spacial score (nSPS) is 15.5. The third-order valence-corrected chi connectivity index (χ3v) is 4.12. The maximum Gasteiger partial charge on any atom is 0.410 e. The highest BCUT2D eigenvalue weighted by Gasteiger charge is 2.19. The second-order valence-corrected chi connectivity index (χ2v) is 7.60. The van der Waals surface area contributed by atoms with E-state index in [-0.39, 0.29) is 6.09 Å². The first-order chi connectivity index (χ1) is 12.3. The summed E-state index contributed by atoms with van der Waals surface area (Å²) < 4.78 is 16.6. The van der Waals surface area contributed by atoms with E-state index in [1.807, 2.05) is 39.0 Å².